The van der Waals surface area contributed by atoms with E-state index < -0.39 is 0 Å². The lowest BCUT2D eigenvalue weighted by molar-refractivity contribution is 0.215. The van der Waals surface area contributed by atoms with Crippen LogP contribution in [0.15, 0.2) is 29.2 Å². The van der Waals surface area contributed by atoms with Gasteiger partial charge >= 0.3 is 0 Å². The zero-order valence-corrected chi connectivity index (χ0v) is 10.5. The summed E-state index contributed by atoms with van der Waals surface area (Å²) in [5.41, 5.74) is 7.53. The maximum absolute atomic E-state index is 5.86. The van der Waals surface area contributed by atoms with E-state index in [4.69, 9.17) is 10.5 Å². The lowest BCUT2D eigenvalue weighted by Crippen LogP contribution is -2.17. The van der Waals surface area contributed by atoms with Crippen molar-refractivity contribution in [1.82, 2.24) is 10.2 Å². The molecule has 1 aliphatic heterocycles. The number of nitrogens with one attached hydrogen (secondary N) is 1. The summed E-state index contributed by atoms with van der Waals surface area (Å²) in [6.07, 6.45) is 0. The van der Waals surface area contributed by atoms with Crippen molar-refractivity contribution in [2.45, 2.75) is 23.7 Å². The van der Waals surface area contributed by atoms with Crippen LogP contribution in [0.4, 0.5) is 5.82 Å². The topological polar surface area (TPSA) is 63.9 Å². The summed E-state index contributed by atoms with van der Waals surface area (Å²) in [4.78, 5) is 0.986. The molecule has 4 nitrogen and oxygen atoms in total. The number of nitrogens with zero attached hydrogens (tertiary/aromatic N) is 1. The highest BCUT2D eigenvalue weighted by Crippen LogP contribution is 2.48. The number of anilines is 1. The summed E-state index contributed by atoms with van der Waals surface area (Å²) in [7, 11) is 0. The molecule has 0 aliphatic carbocycles. The molecule has 88 valence electrons. The van der Waals surface area contributed by atoms with Crippen LogP contribution in [0.5, 0.6) is 5.75 Å². The third kappa shape index (κ3) is 1.86. The molecular formula is C12H13N3OS. The van der Waals surface area contributed by atoms with Gasteiger partial charge in [0.1, 0.15) is 11.6 Å². The first-order valence-electron chi connectivity index (χ1n) is 5.37. The van der Waals surface area contributed by atoms with Gasteiger partial charge in [-0.25, -0.2) is 0 Å². The van der Waals surface area contributed by atoms with Crippen molar-refractivity contribution < 1.29 is 4.74 Å². The number of nitrogen functional groups attached to an aromatic ring is 1. The van der Waals surface area contributed by atoms with Crippen molar-refractivity contribution in [3.63, 3.8) is 0 Å². The molecule has 0 spiro atoms. The molecule has 2 heterocycles. The van der Waals surface area contributed by atoms with Crippen LogP contribution in [-0.4, -0.2) is 15.1 Å². The number of nitrogens with two attached hydrogens (primary N) is 1. The molecule has 2 aromatic rings. The second-order valence-corrected chi connectivity index (χ2v) is 6.10. The van der Waals surface area contributed by atoms with Gasteiger partial charge in [0.15, 0.2) is 4.93 Å². The summed E-state index contributed by atoms with van der Waals surface area (Å²) in [6.45, 7) is 4.12. The molecule has 1 aliphatic rings. The Bertz CT molecular complexity index is 577. The van der Waals surface area contributed by atoms with Crippen molar-refractivity contribution in [2.24, 2.45) is 0 Å². The molecule has 3 N–H and O–H groups in total. The Morgan fingerprint density at radius 1 is 1.35 bits per heavy atom. The number of rotatable bonds is 1. The number of H-pyrrole nitrogens is 1. The number of hydrogen-bond acceptors (Lipinski definition) is 4. The zero-order valence-electron chi connectivity index (χ0n) is 9.65. The fraction of sp³-hybridized carbons (Fsp3) is 0.250. The Labute approximate surface area is 104 Å². The van der Waals surface area contributed by atoms with Crippen molar-refractivity contribution in [2.75, 3.05) is 5.73 Å². The molecule has 0 unspecified atom stereocenters. The van der Waals surface area contributed by atoms with E-state index in [0.29, 0.717) is 5.82 Å². The second kappa shape index (κ2) is 3.43. The highest BCUT2D eigenvalue weighted by molar-refractivity contribution is 8.00. The molecular weight excluding hydrogens is 234 g/mol. The van der Waals surface area contributed by atoms with E-state index in [0.717, 1.165) is 17.0 Å². The van der Waals surface area contributed by atoms with Crippen molar-refractivity contribution >= 4 is 17.6 Å². The van der Waals surface area contributed by atoms with Gasteiger partial charge in [-0.2, -0.15) is 5.10 Å². The molecule has 3 rings (SSSR count). The van der Waals surface area contributed by atoms with Crippen LogP contribution < -0.4 is 10.5 Å². The Morgan fingerprint density at radius 2 is 2.18 bits per heavy atom. The van der Waals surface area contributed by atoms with E-state index in [1.807, 2.05) is 18.2 Å². The number of fused-ring (bicyclic) bond motifs is 1. The minimum Gasteiger partial charge on any atom is -0.476 e. The van der Waals surface area contributed by atoms with Gasteiger partial charge in [0.2, 0.25) is 0 Å². The molecule has 0 saturated heterocycles. The van der Waals surface area contributed by atoms with E-state index in [1.165, 1.54) is 4.90 Å². The quantitative estimate of drug-likeness (QED) is 0.813. The Balaban J connectivity index is 2.01. The van der Waals surface area contributed by atoms with Crippen molar-refractivity contribution in [3.8, 4) is 17.0 Å². The molecule has 0 bridgehead atoms. The summed E-state index contributed by atoms with van der Waals surface area (Å²) >= 11 is 1.73. The number of aromatic amines is 1. The van der Waals surface area contributed by atoms with Gasteiger partial charge in [0, 0.05) is 11.6 Å². The molecule has 1 aromatic heterocycles. The largest absolute Gasteiger partial charge is 0.476 e. The zero-order chi connectivity index (χ0) is 12.0. The molecule has 0 amide bonds. The van der Waals surface area contributed by atoms with Gasteiger partial charge in [0.25, 0.3) is 0 Å². The first-order valence-corrected chi connectivity index (χ1v) is 6.18. The molecule has 1 aromatic carbocycles. The van der Waals surface area contributed by atoms with Crippen LogP contribution in [0, 0.1) is 0 Å². The Kier molecular flexibility index (Phi) is 2.13. The number of hydrogen-bond donors (Lipinski definition) is 2. The average molecular weight is 247 g/mol. The van der Waals surface area contributed by atoms with Crippen LogP contribution in [0.25, 0.3) is 11.3 Å². The minimum atomic E-state index is -0.187. The minimum absolute atomic E-state index is 0.187. The van der Waals surface area contributed by atoms with E-state index in [-0.39, 0.29) is 4.93 Å². The van der Waals surface area contributed by atoms with Gasteiger partial charge < -0.3 is 10.5 Å². The summed E-state index contributed by atoms with van der Waals surface area (Å²) in [6, 6.07) is 7.95. The van der Waals surface area contributed by atoms with E-state index >= 15 is 0 Å². The van der Waals surface area contributed by atoms with Crippen molar-refractivity contribution in [1.29, 1.82) is 0 Å². The first-order chi connectivity index (χ1) is 8.03. The maximum Gasteiger partial charge on any atom is 0.153 e. The van der Waals surface area contributed by atoms with E-state index in [1.54, 1.807) is 11.8 Å². The average Bonchev–Trinajstić information content (AvgIpc) is 2.78. The Hall–Kier alpha value is -1.62. The monoisotopic (exact) mass is 247 g/mol. The van der Waals surface area contributed by atoms with Gasteiger partial charge in [-0.15, -0.1) is 0 Å². The lowest BCUT2D eigenvalue weighted by Gasteiger charge is -2.15. The Morgan fingerprint density at radius 3 is 2.88 bits per heavy atom. The van der Waals surface area contributed by atoms with Crippen LogP contribution in [0.3, 0.4) is 0 Å². The smallest absolute Gasteiger partial charge is 0.153 e. The molecule has 0 radical (unpaired) electrons. The SMILES string of the molecule is CC1(C)Oc2cc(-c3cc(N)n[nH]3)ccc2S1. The third-order valence-corrected chi connectivity index (χ3v) is 3.70. The highest BCUT2D eigenvalue weighted by Gasteiger charge is 2.31. The predicted molar refractivity (Wildman–Crippen MR) is 69.0 cm³/mol. The third-order valence-electron chi connectivity index (χ3n) is 2.56. The highest BCUT2D eigenvalue weighted by atomic mass is 32.2. The number of ether oxygens (including phenoxy) is 1. The van der Waals surface area contributed by atoms with Gasteiger partial charge in [-0.3, -0.25) is 5.10 Å². The molecule has 0 atom stereocenters. The lowest BCUT2D eigenvalue weighted by atomic mass is 10.1. The normalized spacial score (nSPS) is 16.6. The van der Waals surface area contributed by atoms with Gasteiger partial charge in [0.05, 0.1) is 10.6 Å². The predicted octanol–water partition coefficient (Wildman–Crippen LogP) is 2.88. The van der Waals surface area contributed by atoms with Crippen LogP contribution in [0.1, 0.15) is 13.8 Å². The van der Waals surface area contributed by atoms with Crippen molar-refractivity contribution in [3.05, 3.63) is 24.3 Å². The maximum atomic E-state index is 5.86. The van der Waals surface area contributed by atoms with Gasteiger partial charge in [-0.05, 0) is 26.0 Å². The molecule has 0 fully saturated rings. The molecule has 17 heavy (non-hydrogen) atoms. The molecule has 5 heteroatoms. The fourth-order valence-electron chi connectivity index (χ4n) is 1.88. The van der Waals surface area contributed by atoms with E-state index in [9.17, 15) is 0 Å². The number of benzene rings is 1. The standard InChI is InChI=1S/C12H13N3OS/c1-12(2)16-9-5-7(3-4-10(9)17-12)8-6-11(13)15-14-8/h3-6H,1-2H3,(H3,13,14,15). The summed E-state index contributed by atoms with van der Waals surface area (Å²) < 4.78 is 5.86. The van der Waals surface area contributed by atoms with Crippen LogP contribution >= 0.6 is 11.8 Å². The summed E-state index contributed by atoms with van der Waals surface area (Å²) in [5, 5.41) is 6.82. The summed E-state index contributed by atoms with van der Waals surface area (Å²) in [5.74, 6) is 1.42. The number of aromatic nitrogens is 2. The second-order valence-electron chi connectivity index (χ2n) is 4.47. The number of thioether (sulfide) groups is 1. The first kappa shape index (κ1) is 10.5. The van der Waals surface area contributed by atoms with E-state index in [2.05, 4.69) is 30.1 Å². The van der Waals surface area contributed by atoms with Crippen LogP contribution in [-0.2, 0) is 0 Å². The van der Waals surface area contributed by atoms with Crippen LogP contribution in [0.2, 0.25) is 0 Å². The van der Waals surface area contributed by atoms with Gasteiger partial charge in [-0.1, -0.05) is 17.8 Å². The molecule has 0 saturated carbocycles. The fourth-order valence-corrected chi connectivity index (χ4v) is 2.87.